The molecular weight excluding hydrogens is 266 g/mol. The average molecular weight is 283 g/mol. The number of hydrogen-bond acceptors (Lipinski definition) is 5. The van der Waals surface area contributed by atoms with Gasteiger partial charge in [0.05, 0.1) is 7.11 Å². The van der Waals surface area contributed by atoms with Gasteiger partial charge in [0.15, 0.2) is 17.0 Å². The summed E-state index contributed by atoms with van der Waals surface area (Å²) in [6.07, 6.45) is 1.47. The van der Waals surface area contributed by atoms with Crippen LogP contribution in [0.25, 0.3) is 22.6 Å². The fourth-order valence-corrected chi connectivity index (χ4v) is 2.36. The fourth-order valence-electron chi connectivity index (χ4n) is 2.36. The lowest BCUT2D eigenvalue weighted by Gasteiger charge is -2.12. The summed E-state index contributed by atoms with van der Waals surface area (Å²) in [4.78, 5) is 13.0. The van der Waals surface area contributed by atoms with Gasteiger partial charge < -0.3 is 15.0 Å². The number of imidazole rings is 1. The number of rotatable bonds is 3. The van der Waals surface area contributed by atoms with Crippen molar-refractivity contribution < 1.29 is 4.74 Å². The lowest BCUT2D eigenvalue weighted by molar-refractivity contribution is 0.415. The summed E-state index contributed by atoms with van der Waals surface area (Å²) < 4.78 is 7.26. The van der Waals surface area contributed by atoms with Crippen molar-refractivity contribution in [3.8, 4) is 17.1 Å². The van der Waals surface area contributed by atoms with Crippen LogP contribution >= 0.6 is 0 Å². The SMILES string of the molecule is COc1ccc(-c2nc3c(N)ncnc3n2C(C)C)cc1. The first-order valence-corrected chi connectivity index (χ1v) is 6.74. The highest BCUT2D eigenvalue weighted by molar-refractivity contribution is 5.85. The molecule has 0 aliphatic carbocycles. The Morgan fingerprint density at radius 3 is 2.48 bits per heavy atom. The Kier molecular flexibility index (Phi) is 3.21. The molecule has 1 aromatic carbocycles. The molecule has 108 valence electrons. The second-order valence-electron chi connectivity index (χ2n) is 5.06. The van der Waals surface area contributed by atoms with Crippen LogP contribution in [0, 0.1) is 0 Å². The summed E-state index contributed by atoms with van der Waals surface area (Å²) in [5, 5.41) is 0. The molecule has 0 aliphatic heterocycles. The van der Waals surface area contributed by atoms with Crippen molar-refractivity contribution in [2.75, 3.05) is 12.8 Å². The number of anilines is 1. The Balaban J connectivity index is 2.25. The fraction of sp³-hybridized carbons (Fsp3) is 0.267. The van der Waals surface area contributed by atoms with Gasteiger partial charge in [0.2, 0.25) is 0 Å². The molecule has 6 nitrogen and oxygen atoms in total. The zero-order valence-electron chi connectivity index (χ0n) is 12.2. The third kappa shape index (κ3) is 2.18. The summed E-state index contributed by atoms with van der Waals surface area (Å²) in [5.74, 6) is 2.04. The quantitative estimate of drug-likeness (QED) is 0.799. The van der Waals surface area contributed by atoms with E-state index in [0.717, 1.165) is 22.8 Å². The number of nitrogen functional groups attached to an aromatic ring is 1. The number of methoxy groups -OCH3 is 1. The molecule has 2 N–H and O–H groups in total. The van der Waals surface area contributed by atoms with E-state index in [1.807, 2.05) is 24.3 Å². The summed E-state index contributed by atoms with van der Waals surface area (Å²) in [7, 11) is 1.65. The molecule has 3 aromatic rings. The van der Waals surface area contributed by atoms with Crippen LogP contribution in [0.15, 0.2) is 30.6 Å². The zero-order chi connectivity index (χ0) is 15.0. The molecule has 6 heteroatoms. The maximum absolute atomic E-state index is 5.92. The molecule has 0 unspecified atom stereocenters. The molecule has 0 saturated carbocycles. The van der Waals surface area contributed by atoms with E-state index in [1.54, 1.807) is 7.11 Å². The highest BCUT2D eigenvalue weighted by Gasteiger charge is 2.17. The Bertz CT molecular complexity index is 777. The van der Waals surface area contributed by atoms with Gasteiger partial charge in [-0.2, -0.15) is 0 Å². The molecule has 0 fully saturated rings. The van der Waals surface area contributed by atoms with E-state index in [1.165, 1.54) is 6.33 Å². The van der Waals surface area contributed by atoms with Gasteiger partial charge in [0.25, 0.3) is 0 Å². The minimum Gasteiger partial charge on any atom is -0.497 e. The monoisotopic (exact) mass is 283 g/mol. The van der Waals surface area contributed by atoms with Gasteiger partial charge in [-0.15, -0.1) is 0 Å². The molecule has 0 radical (unpaired) electrons. The van der Waals surface area contributed by atoms with Crippen molar-refractivity contribution in [3.63, 3.8) is 0 Å². The molecule has 3 rings (SSSR count). The molecule has 0 atom stereocenters. The first-order valence-electron chi connectivity index (χ1n) is 6.74. The van der Waals surface area contributed by atoms with E-state index in [4.69, 9.17) is 10.5 Å². The van der Waals surface area contributed by atoms with Gasteiger partial charge >= 0.3 is 0 Å². The van der Waals surface area contributed by atoms with Gasteiger partial charge in [-0.25, -0.2) is 15.0 Å². The Hall–Kier alpha value is -2.63. The van der Waals surface area contributed by atoms with Crippen molar-refractivity contribution in [2.24, 2.45) is 0 Å². The molecule has 0 bridgehead atoms. The van der Waals surface area contributed by atoms with Crippen LogP contribution in [-0.4, -0.2) is 26.6 Å². The Morgan fingerprint density at radius 2 is 1.86 bits per heavy atom. The normalized spacial score (nSPS) is 11.2. The molecule has 2 heterocycles. The van der Waals surface area contributed by atoms with Gasteiger partial charge in [0.1, 0.15) is 17.9 Å². The summed E-state index contributed by atoms with van der Waals surface area (Å²) in [6, 6.07) is 7.98. The lowest BCUT2D eigenvalue weighted by atomic mass is 10.2. The van der Waals surface area contributed by atoms with Crippen LogP contribution < -0.4 is 10.5 Å². The number of nitrogens with two attached hydrogens (primary N) is 1. The topological polar surface area (TPSA) is 78.8 Å². The number of ether oxygens (including phenoxy) is 1. The van der Waals surface area contributed by atoms with Crippen LogP contribution in [-0.2, 0) is 0 Å². The maximum atomic E-state index is 5.92. The predicted octanol–water partition coefficient (Wildman–Crippen LogP) is 2.67. The van der Waals surface area contributed by atoms with E-state index in [-0.39, 0.29) is 6.04 Å². The van der Waals surface area contributed by atoms with Crippen LogP contribution in [0.5, 0.6) is 5.75 Å². The van der Waals surface area contributed by atoms with Gasteiger partial charge in [0, 0.05) is 11.6 Å². The van der Waals surface area contributed by atoms with E-state index in [2.05, 4.69) is 33.4 Å². The molecular formula is C15H17N5O. The minimum atomic E-state index is 0.210. The van der Waals surface area contributed by atoms with Gasteiger partial charge in [-0.3, -0.25) is 0 Å². The first-order chi connectivity index (χ1) is 10.1. The Labute approximate surface area is 122 Å². The maximum Gasteiger partial charge on any atom is 0.166 e. The van der Waals surface area contributed by atoms with Crippen molar-refractivity contribution in [3.05, 3.63) is 30.6 Å². The zero-order valence-corrected chi connectivity index (χ0v) is 12.2. The van der Waals surface area contributed by atoms with Gasteiger partial charge in [-0.1, -0.05) is 0 Å². The first kappa shape index (κ1) is 13.4. The predicted molar refractivity (Wildman–Crippen MR) is 82.1 cm³/mol. The number of fused-ring (bicyclic) bond motifs is 1. The van der Waals surface area contributed by atoms with Crippen LogP contribution in [0.4, 0.5) is 5.82 Å². The number of aromatic nitrogens is 4. The van der Waals surface area contributed by atoms with Crippen LogP contribution in [0.1, 0.15) is 19.9 Å². The third-order valence-electron chi connectivity index (χ3n) is 3.37. The largest absolute Gasteiger partial charge is 0.497 e. The smallest absolute Gasteiger partial charge is 0.166 e. The summed E-state index contributed by atoms with van der Waals surface area (Å²) in [6.45, 7) is 4.18. The highest BCUT2D eigenvalue weighted by atomic mass is 16.5. The number of benzene rings is 1. The Morgan fingerprint density at radius 1 is 1.14 bits per heavy atom. The molecule has 21 heavy (non-hydrogen) atoms. The second-order valence-corrected chi connectivity index (χ2v) is 5.06. The van der Waals surface area contributed by atoms with E-state index < -0.39 is 0 Å². The van der Waals surface area contributed by atoms with E-state index in [9.17, 15) is 0 Å². The lowest BCUT2D eigenvalue weighted by Crippen LogP contribution is -2.04. The van der Waals surface area contributed by atoms with Crippen molar-refractivity contribution >= 4 is 17.0 Å². The molecule has 2 aromatic heterocycles. The number of hydrogen-bond donors (Lipinski definition) is 1. The van der Waals surface area contributed by atoms with Crippen molar-refractivity contribution in [1.29, 1.82) is 0 Å². The minimum absolute atomic E-state index is 0.210. The molecule has 0 amide bonds. The number of nitrogens with zero attached hydrogens (tertiary/aromatic N) is 4. The van der Waals surface area contributed by atoms with Crippen LogP contribution in [0.3, 0.4) is 0 Å². The average Bonchev–Trinajstić information content (AvgIpc) is 2.88. The molecule has 0 spiro atoms. The van der Waals surface area contributed by atoms with Crippen molar-refractivity contribution in [2.45, 2.75) is 19.9 Å². The third-order valence-corrected chi connectivity index (χ3v) is 3.37. The standard InChI is InChI=1S/C15H17N5O/c1-9(2)20-14(10-4-6-11(21-3)7-5-10)19-12-13(16)17-8-18-15(12)20/h4-9H,1-3H3,(H2,16,17,18). The van der Waals surface area contributed by atoms with Crippen LogP contribution in [0.2, 0.25) is 0 Å². The van der Waals surface area contributed by atoms with Crippen molar-refractivity contribution in [1.82, 2.24) is 19.5 Å². The summed E-state index contributed by atoms with van der Waals surface area (Å²) in [5.41, 5.74) is 8.29. The summed E-state index contributed by atoms with van der Waals surface area (Å²) >= 11 is 0. The molecule has 0 aliphatic rings. The molecule has 0 saturated heterocycles. The van der Waals surface area contributed by atoms with Gasteiger partial charge in [-0.05, 0) is 38.1 Å². The second kappa shape index (κ2) is 5.05. The highest BCUT2D eigenvalue weighted by Crippen LogP contribution is 2.29. The van der Waals surface area contributed by atoms with E-state index >= 15 is 0 Å². The van der Waals surface area contributed by atoms with E-state index in [0.29, 0.717) is 11.3 Å².